The summed E-state index contributed by atoms with van der Waals surface area (Å²) in [4.78, 5) is 26.9. The summed E-state index contributed by atoms with van der Waals surface area (Å²) < 4.78 is 18.7. The second-order valence-electron chi connectivity index (χ2n) is 8.56. The predicted octanol–water partition coefficient (Wildman–Crippen LogP) is 4.47. The van der Waals surface area contributed by atoms with Crippen LogP contribution in [-0.2, 0) is 16.0 Å². The van der Waals surface area contributed by atoms with Crippen LogP contribution in [0, 0.1) is 11.7 Å². The van der Waals surface area contributed by atoms with Crippen LogP contribution in [0.25, 0.3) is 0 Å². The highest BCUT2D eigenvalue weighted by atomic mass is 19.1. The Balaban J connectivity index is 1.54. The lowest BCUT2D eigenvalue weighted by atomic mass is 9.88. The average molecular weight is 457 g/mol. The van der Waals surface area contributed by atoms with Gasteiger partial charge in [0.25, 0.3) is 0 Å². The van der Waals surface area contributed by atoms with Crippen molar-refractivity contribution in [2.24, 2.45) is 5.92 Å². The highest BCUT2D eigenvalue weighted by Crippen LogP contribution is 2.29. The Bertz CT molecular complexity index is 894. The molecule has 1 atom stereocenters. The van der Waals surface area contributed by atoms with E-state index in [2.05, 4.69) is 0 Å². The smallest absolute Gasteiger partial charge is 0.244 e. The Labute approximate surface area is 194 Å². The molecule has 2 aromatic carbocycles. The van der Waals surface area contributed by atoms with Crippen molar-refractivity contribution in [3.05, 3.63) is 65.5 Å². The number of ether oxygens (including phenoxy) is 1. The van der Waals surface area contributed by atoms with E-state index >= 15 is 0 Å². The Morgan fingerprint density at radius 3 is 2.39 bits per heavy atom. The fourth-order valence-electron chi connectivity index (χ4n) is 4.48. The number of piperidine rings is 1. The van der Waals surface area contributed by atoms with Gasteiger partial charge in [-0.1, -0.05) is 24.3 Å². The predicted molar refractivity (Wildman–Crippen MR) is 124 cm³/mol. The minimum atomic E-state index is -0.546. The number of rotatable bonds is 10. The van der Waals surface area contributed by atoms with E-state index in [1.807, 2.05) is 48.2 Å². The van der Waals surface area contributed by atoms with Crippen LogP contribution in [0.3, 0.4) is 0 Å². The molecule has 6 nitrogen and oxygen atoms in total. The fourth-order valence-corrected chi connectivity index (χ4v) is 4.48. The number of hydroxylamine groups is 1. The number of nitrogens with zero attached hydrogens (tertiary/aromatic N) is 1. The summed E-state index contributed by atoms with van der Waals surface area (Å²) in [5.74, 6) is -0.172. The molecular formula is C26H33FN2O4. The number of aryl methyl sites for hydroxylation is 1. The monoisotopic (exact) mass is 456 g/mol. The van der Waals surface area contributed by atoms with E-state index in [4.69, 9.17) is 9.94 Å². The number of likely N-dealkylation sites (tertiary alicyclic amines) is 1. The van der Waals surface area contributed by atoms with E-state index in [9.17, 15) is 14.0 Å². The molecule has 2 N–H and O–H groups in total. The fraction of sp³-hybridized carbons (Fsp3) is 0.462. The molecule has 1 heterocycles. The topological polar surface area (TPSA) is 78.9 Å². The maximum absolute atomic E-state index is 13.2. The molecule has 2 amide bonds. The quantitative estimate of drug-likeness (QED) is 0.409. The number of amides is 2. The number of hydrogen-bond acceptors (Lipinski definition) is 4. The molecule has 0 saturated carbocycles. The molecule has 1 aliphatic rings. The summed E-state index contributed by atoms with van der Waals surface area (Å²) >= 11 is 0. The lowest BCUT2D eigenvalue weighted by Gasteiger charge is -2.34. The van der Waals surface area contributed by atoms with Crippen molar-refractivity contribution in [1.29, 1.82) is 0 Å². The van der Waals surface area contributed by atoms with Crippen molar-refractivity contribution in [3.8, 4) is 5.75 Å². The van der Waals surface area contributed by atoms with Gasteiger partial charge in [0.15, 0.2) is 0 Å². The average Bonchev–Trinajstić information content (AvgIpc) is 2.84. The molecule has 2 aromatic rings. The van der Waals surface area contributed by atoms with E-state index in [0.29, 0.717) is 32.0 Å². The molecular weight excluding hydrogens is 423 g/mol. The minimum Gasteiger partial charge on any atom is -0.494 e. The molecule has 0 bridgehead atoms. The van der Waals surface area contributed by atoms with E-state index in [-0.39, 0.29) is 18.1 Å². The van der Waals surface area contributed by atoms with Crippen LogP contribution in [0.5, 0.6) is 5.75 Å². The van der Waals surface area contributed by atoms with Gasteiger partial charge in [0, 0.05) is 25.4 Å². The minimum absolute atomic E-state index is 0.0312. The van der Waals surface area contributed by atoms with Gasteiger partial charge in [-0.2, -0.15) is 0 Å². The van der Waals surface area contributed by atoms with Crippen molar-refractivity contribution in [1.82, 2.24) is 10.4 Å². The largest absolute Gasteiger partial charge is 0.494 e. The van der Waals surface area contributed by atoms with Gasteiger partial charge in [-0.25, -0.2) is 9.87 Å². The molecule has 178 valence electrons. The first-order valence-corrected chi connectivity index (χ1v) is 11.7. The highest BCUT2D eigenvalue weighted by Gasteiger charge is 2.30. The van der Waals surface area contributed by atoms with E-state index < -0.39 is 11.8 Å². The van der Waals surface area contributed by atoms with Crippen LogP contribution in [0.15, 0.2) is 48.5 Å². The lowest BCUT2D eigenvalue weighted by Crippen LogP contribution is -2.42. The Kier molecular flexibility index (Phi) is 9.24. The second-order valence-corrected chi connectivity index (χ2v) is 8.56. The molecule has 1 aliphatic heterocycles. The van der Waals surface area contributed by atoms with Gasteiger partial charge in [0.05, 0.1) is 6.61 Å². The lowest BCUT2D eigenvalue weighted by molar-refractivity contribution is -0.141. The van der Waals surface area contributed by atoms with Gasteiger partial charge in [0.2, 0.25) is 11.8 Å². The van der Waals surface area contributed by atoms with Gasteiger partial charge in [-0.3, -0.25) is 14.8 Å². The number of benzene rings is 2. The number of carbonyl (C=O) groups excluding carboxylic acids is 2. The molecule has 0 spiro atoms. The van der Waals surface area contributed by atoms with Crippen molar-refractivity contribution in [3.63, 3.8) is 0 Å². The number of halogens is 1. The zero-order chi connectivity index (χ0) is 23.6. The third-order valence-electron chi connectivity index (χ3n) is 6.31. The van der Waals surface area contributed by atoms with Crippen LogP contribution in [0.2, 0.25) is 0 Å². The van der Waals surface area contributed by atoms with Crippen molar-refractivity contribution in [2.45, 2.75) is 51.4 Å². The summed E-state index contributed by atoms with van der Waals surface area (Å²) in [6.07, 6.45) is 3.71. The maximum atomic E-state index is 13.2. The molecule has 3 rings (SSSR count). The molecule has 1 saturated heterocycles. The summed E-state index contributed by atoms with van der Waals surface area (Å²) in [6, 6.07) is 14.5. The molecule has 33 heavy (non-hydrogen) atoms. The zero-order valence-corrected chi connectivity index (χ0v) is 19.1. The van der Waals surface area contributed by atoms with Crippen molar-refractivity contribution < 1.29 is 23.9 Å². The van der Waals surface area contributed by atoms with Gasteiger partial charge < -0.3 is 9.64 Å². The van der Waals surface area contributed by atoms with E-state index in [1.165, 1.54) is 12.1 Å². The van der Waals surface area contributed by atoms with Crippen molar-refractivity contribution >= 4 is 11.8 Å². The highest BCUT2D eigenvalue weighted by molar-refractivity contribution is 5.85. The first-order chi connectivity index (χ1) is 16.0. The summed E-state index contributed by atoms with van der Waals surface area (Å²) in [6.45, 7) is 3.78. The maximum Gasteiger partial charge on any atom is 0.244 e. The molecule has 0 aliphatic carbocycles. The third kappa shape index (κ3) is 7.29. The molecule has 0 unspecified atom stereocenters. The van der Waals surface area contributed by atoms with E-state index in [1.54, 1.807) is 5.48 Å². The van der Waals surface area contributed by atoms with Gasteiger partial charge in [-0.15, -0.1) is 0 Å². The number of carbonyl (C=O) groups is 2. The second kappa shape index (κ2) is 12.3. The van der Waals surface area contributed by atoms with Gasteiger partial charge in [0.1, 0.15) is 11.6 Å². The molecule has 0 aromatic heterocycles. The van der Waals surface area contributed by atoms with Crippen LogP contribution in [0.4, 0.5) is 4.39 Å². The molecule has 1 fully saturated rings. The Morgan fingerprint density at radius 2 is 1.79 bits per heavy atom. The van der Waals surface area contributed by atoms with E-state index in [0.717, 1.165) is 42.6 Å². The summed E-state index contributed by atoms with van der Waals surface area (Å²) in [5, 5.41) is 8.97. The normalized spacial score (nSPS) is 15.2. The first-order valence-electron chi connectivity index (χ1n) is 11.7. The van der Waals surface area contributed by atoms with Gasteiger partial charge >= 0.3 is 0 Å². The number of hydrogen-bond donors (Lipinski definition) is 2. The van der Waals surface area contributed by atoms with Crippen LogP contribution < -0.4 is 10.2 Å². The first kappa shape index (κ1) is 24.7. The van der Waals surface area contributed by atoms with Crippen LogP contribution >= 0.6 is 0 Å². The number of nitrogens with one attached hydrogen (secondary N) is 1. The SMILES string of the molecule is CCOc1ccc(CCC[C@H](CC(=O)NO)C(=O)N2CCC(c3ccc(F)cc3)CC2)cc1. The standard InChI is InChI=1S/C26H33FN2O4/c1-2-33-24-12-6-19(7-13-24)4-3-5-22(18-25(30)28-32)26(31)29-16-14-21(15-17-29)20-8-10-23(27)11-9-20/h6-13,21-22,32H,2-5,14-18H2,1H3,(H,28,30)/t22-/m1/s1. The zero-order valence-electron chi connectivity index (χ0n) is 19.1. The molecule has 0 radical (unpaired) electrons. The van der Waals surface area contributed by atoms with Gasteiger partial charge in [-0.05, 0) is 80.3 Å². The van der Waals surface area contributed by atoms with Crippen LogP contribution in [0.1, 0.15) is 56.1 Å². The Morgan fingerprint density at radius 1 is 1.12 bits per heavy atom. The van der Waals surface area contributed by atoms with Crippen molar-refractivity contribution in [2.75, 3.05) is 19.7 Å². The summed E-state index contributed by atoms with van der Waals surface area (Å²) in [5.41, 5.74) is 3.90. The third-order valence-corrected chi connectivity index (χ3v) is 6.31. The van der Waals surface area contributed by atoms with Crippen LogP contribution in [-0.4, -0.2) is 41.6 Å². The summed E-state index contributed by atoms with van der Waals surface area (Å²) in [7, 11) is 0. The Hall–Kier alpha value is -2.93. The molecule has 7 heteroatoms.